The Hall–Kier alpha value is -1.31. The molecule has 2 rings (SSSR count). The van der Waals surface area contributed by atoms with Gasteiger partial charge < -0.3 is 5.32 Å². The van der Waals surface area contributed by atoms with Crippen LogP contribution in [0, 0.1) is 11.6 Å². The summed E-state index contributed by atoms with van der Waals surface area (Å²) >= 11 is 6.49. The third kappa shape index (κ3) is 5.09. The number of anilines is 1. The summed E-state index contributed by atoms with van der Waals surface area (Å²) in [4.78, 5) is 13.8. The van der Waals surface area contributed by atoms with Crippen LogP contribution in [0.4, 0.5) is 14.5 Å². The largest absolute Gasteiger partial charge is 0.322 e. The highest BCUT2D eigenvalue weighted by Crippen LogP contribution is 2.26. The molecular weight excluding hydrogens is 434 g/mol. The van der Waals surface area contributed by atoms with Crippen molar-refractivity contribution in [1.82, 2.24) is 4.90 Å². The lowest BCUT2D eigenvalue weighted by Crippen LogP contribution is -2.30. The summed E-state index contributed by atoms with van der Waals surface area (Å²) in [6.45, 7) is 0.631. The number of likely N-dealkylation sites (N-methyl/N-ethyl adjacent to an activating group) is 1. The number of rotatable bonds is 5. The molecule has 3 nitrogen and oxygen atoms in total. The van der Waals surface area contributed by atoms with Crippen molar-refractivity contribution in [3.63, 3.8) is 0 Å². The van der Waals surface area contributed by atoms with Gasteiger partial charge in [0.1, 0.15) is 5.82 Å². The molecule has 0 spiro atoms. The van der Waals surface area contributed by atoms with Gasteiger partial charge in [0.25, 0.3) is 0 Å². The van der Waals surface area contributed by atoms with Crippen LogP contribution >= 0.6 is 31.9 Å². The molecule has 23 heavy (non-hydrogen) atoms. The zero-order valence-electron chi connectivity index (χ0n) is 12.2. The highest BCUT2D eigenvalue weighted by atomic mass is 79.9. The van der Waals surface area contributed by atoms with Gasteiger partial charge in [-0.1, -0.05) is 34.1 Å². The number of nitrogens with one attached hydrogen (secondary N) is 1. The van der Waals surface area contributed by atoms with E-state index in [4.69, 9.17) is 0 Å². The lowest BCUT2D eigenvalue weighted by molar-refractivity contribution is -0.117. The summed E-state index contributed by atoms with van der Waals surface area (Å²) < 4.78 is 27.9. The fraction of sp³-hybridized carbons (Fsp3) is 0.188. The molecule has 0 saturated heterocycles. The molecule has 0 heterocycles. The Morgan fingerprint density at radius 3 is 2.52 bits per heavy atom. The molecule has 0 radical (unpaired) electrons. The van der Waals surface area contributed by atoms with E-state index in [1.165, 1.54) is 0 Å². The van der Waals surface area contributed by atoms with Crippen LogP contribution in [-0.2, 0) is 11.3 Å². The van der Waals surface area contributed by atoms with Gasteiger partial charge in [-0.15, -0.1) is 0 Å². The van der Waals surface area contributed by atoms with Crippen molar-refractivity contribution >= 4 is 43.5 Å². The average molecular weight is 448 g/mol. The van der Waals surface area contributed by atoms with Crippen LogP contribution in [0.2, 0.25) is 0 Å². The number of benzene rings is 2. The molecule has 7 heteroatoms. The van der Waals surface area contributed by atoms with E-state index in [2.05, 4.69) is 37.2 Å². The summed E-state index contributed by atoms with van der Waals surface area (Å²) in [6, 6.07) is 9.53. The minimum absolute atomic E-state index is 0.0642. The van der Waals surface area contributed by atoms with E-state index < -0.39 is 11.6 Å². The Bertz CT molecular complexity index is 702. The second-order valence-corrected chi connectivity index (χ2v) is 6.76. The third-order valence-electron chi connectivity index (χ3n) is 3.08. The monoisotopic (exact) mass is 446 g/mol. The number of hydrogen-bond donors (Lipinski definition) is 1. The SMILES string of the molecule is CN(CC(=O)Nc1c(F)cc(F)cc1Br)Cc1ccccc1Br. The number of halogens is 4. The first kappa shape index (κ1) is 18.0. The predicted octanol–water partition coefficient (Wildman–Crippen LogP) is 4.56. The van der Waals surface area contributed by atoms with Crippen molar-refractivity contribution in [2.24, 2.45) is 0 Å². The first-order valence-corrected chi connectivity index (χ1v) is 8.31. The van der Waals surface area contributed by atoms with Crippen molar-refractivity contribution in [3.05, 3.63) is 62.5 Å². The average Bonchev–Trinajstić information content (AvgIpc) is 2.45. The van der Waals surface area contributed by atoms with E-state index in [9.17, 15) is 13.6 Å². The van der Waals surface area contributed by atoms with Gasteiger partial charge in [0.2, 0.25) is 5.91 Å². The highest BCUT2D eigenvalue weighted by molar-refractivity contribution is 9.10. The lowest BCUT2D eigenvalue weighted by atomic mass is 10.2. The van der Waals surface area contributed by atoms with Crippen molar-refractivity contribution < 1.29 is 13.6 Å². The molecule has 0 bridgehead atoms. The maximum atomic E-state index is 13.7. The summed E-state index contributed by atoms with van der Waals surface area (Å²) in [6.07, 6.45) is 0. The maximum absolute atomic E-state index is 13.7. The third-order valence-corrected chi connectivity index (χ3v) is 4.48. The first-order valence-electron chi connectivity index (χ1n) is 6.73. The second kappa shape index (κ2) is 7.99. The van der Waals surface area contributed by atoms with E-state index >= 15 is 0 Å². The predicted molar refractivity (Wildman–Crippen MR) is 93.2 cm³/mol. The zero-order valence-corrected chi connectivity index (χ0v) is 15.4. The molecule has 1 amide bonds. The van der Waals surface area contributed by atoms with E-state index in [0.717, 1.165) is 22.2 Å². The Balaban J connectivity index is 1.98. The second-order valence-electron chi connectivity index (χ2n) is 5.06. The quantitative estimate of drug-likeness (QED) is 0.728. The highest BCUT2D eigenvalue weighted by Gasteiger charge is 2.14. The van der Waals surface area contributed by atoms with E-state index in [1.807, 2.05) is 24.3 Å². The Kier molecular flexibility index (Phi) is 6.26. The van der Waals surface area contributed by atoms with Crippen molar-refractivity contribution in [3.8, 4) is 0 Å². The topological polar surface area (TPSA) is 32.3 Å². The summed E-state index contributed by atoms with van der Waals surface area (Å²) in [7, 11) is 1.79. The van der Waals surface area contributed by atoms with Gasteiger partial charge >= 0.3 is 0 Å². The normalized spacial score (nSPS) is 10.9. The van der Waals surface area contributed by atoms with Crippen LogP contribution in [0.25, 0.3) is 0 Å². The van der Waals surface area contributed by atoms with Crippen LogP contribution in [0.5, 0.6) is 0 Å². The molecule has 0 aromatic heterocycles. The summed E-state index contributed by atoms with van der Waals surface area (Å²) in [5.41, 5.74) is 0.975. The molecule has 0 fully saturated rings. The van der Waals surface area contributed by atoms with Gasteiger partial charge in [-0.25, -0.2) is 8.78 Å². The molecule has 0 atom stereocenters. The summed E-state index contributed by atoms with van der Waals surface area (Å²) in [5.74, 6) is -1.91. The number of hydrogen-bond acceptors (Lipinski definition) is 2. The minimum atomic E-state index is -0.821. The molecule has 2 aromatic carbocycles. The Morgan fingerprint density at radius 2 is 1.87 bits per heavy atom. The minimum Gasteiger partial charge on any atom is -0.322 e. The van der Waals surface area contributed by atoms with Crippen LogP contribution in [0.1, 0.15) is 5.56 Å². The first-order chi connectivity index (χ1) is 10.9. The summed E-state index contributed by atoms with van der Waals surface area (Å²) in [5, 5.41) is 2.46. The van der Waals surface area contributed by atoms with Gasteiger partial charge in [0.15, 0.2) is 5.82 Å². The van der Waals surface area contributed by atoms with E-state index in [-0.39, 0.29) is 22.6 Å². The molecule has 0 unspecified atom stereocenters. The van der Waals surface area contributed by atoms with E-state index in [0.29, 0.717) is 6.54 Å². The van der Waals surface area contributed by atoms with Crippen LogP contribution in [0.3, 0.4) is 0 Å². The zero-order chi connectivity index (χ0) is 17.0. The fourth-order valence-corrected chi connectivity index (χ4v) is 2.98. The van der Waals surface area contributed by atoms with Crippen LogP contribution in [-0.4, -0.2) is 24.4 Å². The van der Waals surface area contributed by atoms with Crippen LogP contribution < -0.4 is 5.32 Å². The Morgan fingerprint density at radius 1 is 1.17 bits per heavy atom. The van der Waals surface area contributed by atoms with Crippen molar-refractivity contribution in [2.75, 3.05) is 18.9 Å². The number of carbonyl (C=O) groups is 1. The van der Waals surface area contributed by atoms with Gasteiger partial charge in [0.05, 0.1) is 12.2 Å². The van der Waals surface area contributed by atoms with Gasteiger partial charge in [0, 0.05) is 21.6 Å². The molecule has 122 valence electrons. The lowest BCUT2D eigenvalue weighted by Gasteiger charge is -2.17. The van der Waals surface area contributed by atoms with Crippen molar-refractivity contribution in [2.45, 2.75) is 6.54 Å². The number of nitrogens with zero attached hydrogens (tertiary/aromatic N) is 1. The fourth-order valence-electron chi connectivity index (χ4n) is 2.06. The maximum Gasteiger partial charge on any atom is 0.238 e. The molecular formula is C16H14Br2F2N2O. The van der Waals surface area contributed by atoms with Gasteiger partial charge in [-0.05, 0) is 40.7 Å². The van der Waals surface area contributed by atoms with Gasteiger partial charge in [-0.3, -0.25) is 9.69 Å². The molecule has 2 aromatic rings. The molecule has 1 N–H and O–H groups in total. The molecule has 0 aliphatic rings. The van der Waals surface area contributed by atoms with Gasteiger partial charge in [-0.2, -0.15) is 0 Å². The molecule has 0 aliphatic carbocycles. The number of carbonyl (C=O) groups excluding carboxylic acids is 1. The Labute approximate surface area is 149 Å². The standard InChI is InChI=1S/C16H14Br2F2N2O/c1-22(8-10-4-2-3-5-12(10)17)9-15(23)21-16-13(18)6-11(19)7-14(16)20/h2-7H,8-9H2,1H3,(H,21,23). The van der Waals surface area contributed by atoms with Crippen LogP contribution in [0.15, 0.2) is 45.3 Å². The molecule has 0 aliphatic heterocycles. The smallest absolute Gasteiger partial charge is 0.238 e. The van der Waals surface area contributed by atoms with E-state index in [1.54, 1.807) is 11.9 Å². The molecule has 0 saturated carbocycles. The number of amides is 1. The van der Waals surface area contributed by atoms with Crippen molar-refractivity contribution in [1.29, 1.82) is 0 Å².